The van der Waals surface area contributed by atoms with Gasteiger partial charge in [-0.05, 0) is 31.5 Å². The van der Waals surface area contributed by atoms with Crippen molar-refractivity contribution in [3.8, 4) is 0 Å². The summed E-state index contributed by atoms with van der Waals surface area (Å²) in [5.74, 6) is -0.0470. The Morgan fingerprint density at radius 3 is 2.78 bits per heavy atom. The Morgan fingerprint density at radius 1 is 1.50 bits per heavy atom. The van der Waals surface area contributed by atoms with Crippen LogP contribution in [0.2, 0.25) is 5.02 Å². The monoisotopic (exact) mass is 286 g/mol. The van der Waals surface area contributed by atoms with Crippen molar-refractivity contribution in [3.05, 3.63) is 23.2 Å². The molecule has 0 aromatic heterocycles. The Hall–Kier alpha value is -0.870. The molecule has 2 unspecified atom stereocenters. The van der Waals surface area contributed by atoms with Gasteiger partial charge < -0.3 is 11.1 Å². The molecule has 5 heteroatoms. The van der Waals surface area contributed by atoms with Crippen LogP contribution in [-0.2, 0) is 4.79 Å². The van der Waals surface area contributed by atoms with Crippen LogP contribution in [0.15, 0.2) is 18.2 Å². The number of amides is 1. The molecule has 0 aliphatic carbocycles. The van der Waals surface area contributed by atoms with Crippen LogP contribution in [0.3, 0.4) is 0 Å². The molecule has 0 heterocycles. The van der Waals surface area contributed by atoms with Gasteiger partial charge in [0.15, 0.2) is 0 Å². The Balaban J connectivity index is 2.66. The highest BCUT2D eigenvalue weighted by Crippen LogP contribution is 2.25. The minimum Gasteiger partial charge on any atom is -0.397 e. The first-order chi connectivity index (χ1) is 8.43. The zero-order valence-corrected chi connectivity index (χ0v) is 12.4. The van der Waals surface area contributed by atoms with Crippen molar-refractivity contribution < 1.29 is 4.79 Å². The maximum absolute atomic E-state index is 12.0. The molecule has 0 aliphatic heterocycles. The fourth-order valence-electron chi connectivity index (χ4n) is 1.38. The molecule has 0 bridgehead atoms. The summed E-state index contributed by atoms with van der Waals surface area (Å²) in [5.41, 5.74) is 6.88. The third kappa shape index (κ3) is 4.42. The maximum atomic E-state index is 12.0. The van der Waals surface area contributed by atoms with E-state index in [0.29, 0.717) is 21.6 Å². The van der Waals surface area contributed by atoms with E-state index < -0.39 is 0 Å². The SMILES string of the molecule is CCC(C)SC(C)C(=O)Nc1cc(Cl)ccc1N. The fourth-order valence-corrected chi connectivity index (χ4v) is 2.62. The molecular formula is C13H19ClN2OS. The van der Waals surface area contributed by atoms with Gasteiger partial charge in [-0.1, -0.05) is 25.4 Å². The van der Waals surface area contributed by atoms with Crippen molar-refractivity contribution in [2.24, 2.45) is 0 Å². The quantitative estimate of drug-likeness (QED) is 0.810. The molecule has 0 spiro atoms. The van der Waals surface area contributed by atoms with Gasteiger partial charge in [-0.2, -0.15) is 0 Å². The van der Waals surface area contributed by atoms with Crippen LogP contribution in [0.1, 0.15) is 27.2 Å². The van der Waals surface area contributed by atoms with Gasteiger partial charge in [0.2, 0.25) is 5.91 Å². The maximum Gasteiger partial charge on any atom is 0.237 e. The highest BCUT2D eigenvalue weighted by atomic mass is 35.5. The predicted octanol–water partition coefficient (Wildman–Crippen LogP) is 3.78. The van der Waals surface area contributed by atoms with E-state index in [-0.39, 0.29) is 11.2 Å². The molecular weight excluding hydrogens is 268 g/mol. The van der Waals surface area contributed by atoms with Gasteiger partial charge in [-0.15, -0.1) is 11.8 Å². The number of nitrogen functional groups attached to an aromatic ring is 1. The third-order valence-corrected chi connectivity index (χ3v) is 4.31. The average molecular weight is 287 g/mol. The first kappa shape index (κ1) is 15.2. The summed E-state index contributed by atoms with van der Waals surface area (Å²) < 4.78 is 0. The molecule has 0 radical (unpaired) electrons. The molecule has 3 nitrogen and oxygen atoms in total. The van der Waals surface area contributed by atoms with Crippen molar-refractivity contribution in [1.29, 1.82) is 0 Å². The largest absolute Gasteiger partial charge is 0.397 e. The Bertz CT molecular complexity index is 425. The third-order valence-electron chi connectivity index (χ3n) is 2.65. The van der Waals surface area contributed by atoms with Gasteiger partial charge in [0.1, 0.15) is 0 Å². The van der Waals surface area contributed by atoms with E-state index in [1.54, 1.807) is 30.0 Å². The van der Waals surface area contributed by atoms with Gasteiger partial charge >= 0.3 is 0 Å². The standard InChI is InChI=1S/C13H19ClN2OS/c1-4-8(2)18-9(3)13(17)16-12-7-10(14)5-6-11(12)15/h5-9H,4,15H2,1-3H3,(H,16,17). The lowest BCUT2D eigenvalue weighted by Gasteiger charge is -2.16. The average Bonchev–Trinajstić information content (AvgIpc) is 2.33. The van der Waals surface area contributed by atoms with E-state index in [0.717, 1.165) is 6.42 Å². The molecule has 0 saturated carbocycles. The van der Waals surface area contributed by atoms with Crippen molar-refractivity contribution in [3.63, 3.8) is 0 Å². The minimum atomic E-state index is -0.113. The number of rotatable bonds is 5. The summed E-state index contributed by atoms with van der Waals surface area (Å²) in [6.07, 6.45) is 1.04. The summed E-state index contributed by atoms with van der Waals surface area (Å²) in [4.78, 5) is 12.0. The van der Waals surface area contributed by atoms with Gasteiger partial charge in [-0.25, -0.2) is 0 Å². The number of carbonyl (C=O) groups is 1. The number of benzene rings is 1. The molecule has 18 heavy (non-hydrogen) atoms. The van der Waals surface area contributed by atoms with Gasteiger partial charge in [0.05, 0.1) is 16.6 Å². The van der Waals surface area contributed by atoms with Gasteiger partial charge in [-0.3, -0.25) is 4.79 Å². The van der Waals surface area contributed by atoms with E-state index in [9.17, 15) is 4.79 Å². The number of carbonyl (C=O) groups excluding carboxylic acids is 1. The van der Waals surface area contributed by atoms with Crippen LogP contribution in [0.5, 0.6) is 0 Å². The first-order valence-electron chi connectivity index (χ1n) is 5.95. The smallest absolute Gasteiger partial charge is 0.237 e. The Morgan fingerprint density at radius 2 is 2.17 bits per heavy atom. The highest BCUT2D eigenvalue weighted by Gasteiger charge is 2.17. The number of nitrogens with one attached hydrogen (secondary N) is 1. The molecule has 0 saturated heterocycles. The Labute approximate surface area is 117 Å². The first-order valence-corrected chi connectivity index (χ1v) is 7.27. The molecule has 1 aromatic rings. The molecule has 0 aliphatic rings. The Kier molecular flexibility index (Phi) is 5.82. The number of nitrogens with two attached hydrogens (primary N) is 1. The topological polar surface area (TPSA) is 55.1 Å². The fraction of sp³-hybridized carbons (Fsp3) is 0.462. The molecule has 2 atom stereocenters. The zero-order valence-electron chi connectivity index (χ0n) is 10.9. The molecule has 1 amide bonds. The number of halogens is 1. The highest BCUT2D eigenvalue weighted by molar-refractivity contribution is 8.01. The molecule has 0 fully saturated rings. The van der Waals surface area contributed by atoms with Crippen LogP contribution in [0, 0.1) is 0 Å². The lowest BCUT2D eigenvalue weighted by molar-refractivity contribution is -0.115. The van der Waals surface area contributed by atoms with E-state index in [1.165, 1.54) is 0 Å². The second-order valence-corrected chi connectivity index (χ2v) is 6.44. The molecule has 100 valence electrons. The van der Waals surface area contributed by atoms with Crippen LogP contribution in [-0.4, -0.2) is 16.4 Å². The van der Waals surface area contributed by atoms with Gasteiger partial charge in [0, 0.05) is 10.3 Å². The number of hydrogen-bond donors (Lipinski definition) is 2. The van der Waals surface area contributed by atoms with Gasteiger partial charge in [0.25, 0.3) is 0 Å². The van der Waals surface area contributed by atoms with E-state index in [2.05, 4.69) is 19.2 Å². The molecule has 1 aromatic carbocycles. The second-order valence-electron chi connectivity index (χ2n) is 4.22. The molecule has 1 rings (SSSR count). The lowest BCUT2D eigenvalue weighted by Crippen LogP contribution is -2.24. The summed E-state index contributed by atoms with van der Waals surface area (Å²) >= 11 is 7.53. The van der Waals surface area contributed by atoms with Crippen LogP contribution >= 0.6 is 23.4 Å². The van der Waals surface area contributed by atoms with Crippen LogP contribution < -0.4 is 11.1 Å². The van der Waals surface area contributed by atoms with E-state index in [1.807, 2.05) is 6.92 Å². The van der Waals surface area contributed by atoms with Crippen molar-refractivity contribution >= 4 is 40.6 Å². The second kappa shape index (κ2) is 6.90. The minimum absolute atomic E-state index is 0.0470. The lowest BCUT2D eigenvalue weighted by atomic mass is 10.2. The van der Waals surface area contributed by atoms with Crippen LogP contribution in [0.4, 0.5) is 11.4 Å². The van der Waals surface area contributed by atoms with E-state index in [4.69, 9.17) is 17.3 Å². The van der Waals surface area contributed by atoms with Crippen molar-refractivity contribution in [1.82, 2.24) is 0 Å². The van der Waals surface area contributed by atoms with Crippen molar-refractivity contribution in [2.45, 2.75) is 37.7 Å². The number of anilines is 2. The van der Waals surface area contributed by atoms with E-state index >= 15 is 0 Å². The summed E-state index contributed by atoms with van der Waals surface area (Å²) in [5, 5.41) is 3.72. The normalized spacial score (nSPS) is 14.0. The number of hydrogen-bond acceptors (Lipinski definition) is 3. The zero-order chi connectivity index (χ0) is 13.7. The summed E-state index contributed by atoms with van der Waals surface area (Å²) in [7, 11) is 0. The number of thioether (sulfide) groups is 1. The van der Waals surface area contributed by atoms with Crippen LogP contribution in [0.25, 0.3) is 0 Å². The summed E-state index contributed by atoms with van der Waals surface area (Å²) in [6, 6.07) is 5.05. The molecule has 3 N–H and O–H groups in total. The summed E-state index contributed by atoms with van der Waals surface area (Å²) in [6.45, 7) is 6.12. The van der Waals surface area contributed by atoms with Crippen molar-refractivity contribution in [2.75, 3.05) is 11.1 Å². The predicted molar refractivity (Wildman–Crippen MR) is 81.3 cm³/mol.